The highest BCUT2D eigenvalue weighted by Crippen LogP contribution is 2.14. The van der Waals surface area contributed by atoms with Crippen molar-refractivity contribution in [3.05, 3.63) is 28.7 Å². The Morgan fingerprint density at radius 2 is 2.15 bits per heavy atom. The topological polar surface area (TPSA) is 92.6 Å². The molecular weight excluding hydrogens is 348 g/mol. The predicted octanol–water partition coefficient (Wildman–Crippen LogP) is 0.339. The van der Waals surface area contributed by atoms with E-state index in [-0.39, 0.29) is 17.7 Å². The van der Waals surface area contributed by atoms with Crippen molar-refractivity contribution in [3.8, 4) is 0 Å². The van der Waals surface area contributed by atoms with E-state index in [9.17, 15) is 9.59 Å². The molecule has 0 bridgehead atoms. The summed E-state index contributed by atoms with van der Waals surface area (Å²) in [4.78, 5) is 37.5. The van der Waals surface area contributed by atoms with Crippen LogP contribution in [0.15, 0.2) is 23.1 Å². The van der Waals surface area contributed by atoms with Gasteiger partial charge >= 0.3 is 6.03 Å². The van der Waals surface area contributed by atoms with Gasteiger partial charge in [0.1, 0.15) is 5.52 Å². The minimum Gasteiger partial charge on any atom is -0.376 e. The minimum atomic E-state index is -0.169. The van der Waals surface area contributed by atoms with Crippen molar-refractivity contribution in [3.63, 3.8) is 0 Å². The van der Waals surface area contributed by atoms with Crippen molar-refractivity contribution in [2.45, 2.75) is 18.9 Å². The fourth-order valence-corrected chi connectivity index (χ4v) is 3.59. The van der Waals surface area contributed by atoms with Crippen LogP contribution in [0.2, 0.25) is 0 Å². The summed E-state index contributed by atoms with van der Waals surface area (Å²) in [5.74, 6) is 0.414. The average Bonchev–Trinajstić information content (AvgIpc) is 3.23. The quantitative estimate of drug-likeness (QED) is 0.835. The van der Waals surface area contributed by atoms with Crippen LogP contribution in [-0.4, -0.2) is 70.9 Å². The van der Waals surface area contributed by atoms with Gasteiger partial charge in [0, 0.05) is 52.6 Å². The van der Waals surface area contributed by atoms with Crippen molar-refractivity contribution in [2.75, 3.05) is 44.2 Å². The molecule has 0 spiro atoms. The molecule has 2 amide bonds. The van der Waals surface area contributed by atoms with Crippen molar-refractivity contribution in [1.82, 2.24) is 24.8 Å². The highest BCUT2D eigenvalue weighted by Gasteiger charge is 2.25. The zero-order chi connectivity index (χ0) is 18.8. The SMILES string of the molecule is Cn1c(=O)c(N2CCN(C(=O)NC[C@@H]3CCCO3)CC2)nc2cccnc21. The van der Waals surface area contributed by atoms with E-state index in [1.165, 1.54) is 4.57 Å². The number of pyridine rings is 1. The Kier molecular flexibility index (Phi) is 4.93. The summed E-state index contributed by atoms with van der Waals surface area (Å²) < 4.78 is 7.06. The smallest absolute Gasteiger partial charge is 0.317 e. The molecule has 4 rings (SSSR count). The molecule has 2 aliphatic heterocycles. The summed E-state index contributed by atoms with van der Waals surface area (Å²) in [5, 5.41) is 2.95. The van der Waals surface area contributed by atoms with Gasteiger partial charge in [-0.15, -0.1) is 0 Å². The summed E-state index contributed by atoms with van der Waals surface area (Å²) in [6.07, 6.45) is 3.84. The Hall–Kier alpha value is -2.68. The van der Waals surface area contributed by atoms with Crippen LogP contribution < -0.4 is 15.8 Å². The number of anilines is 1. The molecule has 0 aliphatic carbocycles. The third-order valence-corrected chi connectivity index (χ3v) is 5.18. The highest BCUT2D eigenvalue weighted by atomic mass is 16.5. The molecule has 1 atom stereocenters. The molecule has 0 radical (unpaired) electrons. The van der Waals surface area contributed by atoms with E-state index in [0.717, 1.165) is 19.4 Å². The van der Waals surface area contributed by atoms with Crippen LogP contribution in [0, 0.1) is 0 Å². The Bertz CT molecular complexity index is 884. The van der Waals surface area contributed by atoms with Crippen LogP contribution in [0.1, 0.15) is 12.8 Å². The second-order valence-corrected chi connectivity index (χ2v) is 6.94. The molecule has 9 heteroatoms. The summed E-state index contributed by atoms with van der Waals surface area (Å²) in [6, 6.07) is 3.58. The molecule has 0 saturated carbocycles. The molecule has 2 aliphatic rings. The summed E-state index contributed by atoms with van der Waals surface area (Å²) >= 11 is 0. The van der Waals surface area contributed by atoms with Gasteiger partial charge in [0.25, 0.3) is 5.56 Å². The van der Waals surface area contributed by atoms with E-state index in [0.29, 0.717) is 49.7 Å². The van der Waals surface area contributed by atoms with Crippen LogP contribution in [-0.2, 0) is 11.8 Å². The molecule has 144 valence electrons. The van der Waals surface area contributed by atoms with Gasteiger partial charge in [0.15, 0.2) is 11.5 Å². The fraction of sp³-hybridized carbons (Fsp3) is 0.556. The number of nitrogens with one attached hydrogen (secondary N) is 1. The van der Waals surface area contributed by atoms with Crippen LogP contribution in [0.5, 0.6) is 0 Å². The van der Waals surface area contributed by atoms with Crippen LogP contribution >= 0.6 is 0 Å². The van der Waals surface area contributed by atoms with Gasteiger partial charge in [-0.2, -0.15) is 0 Å². The number of urea groups is 1. The first-order valence-corrected chi connectivity index (χ1v) is 9.34. The number of carbonyl (C=O) groups is 1. The Morgan fingerprint density at radius 1 is 1.33 bits per heavy atom. The van der Waals surface area contributed by atoms with E-state index in [1.807, 2.05) is 11.0 Å². The molecule has 2 aromatic rings. The zero-order valence-corrected chi connectivity index (χ0v) is 15.4. The number of nitrogens with zero attached hydrogens (tertiary/aromatic N) is 5. The summed E-state index contributed by atoms with van der Waals surface area (Å²) in [6.45, 7) is 3.57. The zero-order valence-electron chi connectivity index (χ0n) is 15.4. The van der Waals surface area contributed by atoms with E-state index in [4.69, 9.17) is 4.74 Å². The number of carbonyl (C=O) groups excluding carboxylic acids is 1. The lowest BCUT2D eigenvalue weighted by Crippen LogP contribution is -2.53. The van der Waals surface area contributed by atoms with Crippen LogP contribution in [0.3, 0.4) is 0 Å². The first kappa shape index (κ1) is 17.7. The molecule has 2 aromatic heterocycles. The molecule has 2 saturated heterocycles. The number of aromatic nitrogens is 3. The van der Waals surface area contributed by atoms with Gasteiger partial charge in [0.05, 0.1) is 6.10 Å². The van der Waals surface area contributed by atoms with Crippen molar-refractivity contribution >= 4 is 23.0 Å². The summed E-state index contributed by atoms with van der Waals surface area (Å²) in [5.41, 5.74) is 1.09. The molecule has 0 aromatic carbocycles. The van der Waals surface area contributed by atoms with E-state index in [1.54, 1.807) is 24.2 Å². The highest BCUT2D eigenvalue weighted by molar-refractivity contribution is 5.75. The molecule has 1 N–H and O–H groups in total. The maximum atomic E-state index is 12.7. The maximum Gasteiger partial charge on any atom is 0.317 e. The Balaban J connectivity index is 1.40. The molecule has 2 fully saturated rings. The fourth-order valence-electron chi connectivity index (χ4n) is 3.59. The molecule has 4 heterocycles. The van der Waals surface area contributed by atoms with Gasteiger partial charge in [-0.1, -0.05) is 0 Å². The van der Waals surface area contributed by atoms with E-state index in [2.05, 4.69) is 15.3 Å². The first-order valence-electron chi connectivity index (χ1n) is 9.34. The third-order valence-electron chi connectivity index (χ3n) is 5.18. The second-order valence-electron chi connectivity index (χ2n) is 6.94. The maximum absolute atomic E-state index is 12.7. The van der Waals surface area contributed by atoms with Gasteiger partial charge < -0.3 is 19.9 Å². The number of hydrogen-bond donors (Lipinski definition) is 1. The number of rotatable bonds is 3. The predicted molar refractivity (Wildman–Crippen MR) is 101 cm³/mol. The first-order chi connectivity index (χ1) is 13.1. The molecule has 27 heavy (non-hydrogen) atoms. The Labute approximate surface area is 156 Å². The van der Waals surface area contributed by atoms with Gasteiger partial charge in [-0.3, -0.25) is 9.36 Å². The molecular formula is C18H24N6O3. The van der Waals surface area contributed by atoms with E-state index < -0.39 is 0 Å². The lowest BCUT2D eigenvalue weighted by Gasteiger charge is -2.35. The molecule has 0 unspecified atom stereocenters. The largest absolute Gasteiger partial charge is 0.376 e. The normalized spacial score (nSPS) is 20.3. The average molecular weight is 372 g/mol. The van der Waals surface area contributed by atoms with Crippen molar-refractivity contribution in [2.24, 2.45) is 7.05 Å². The van der Waals surface area contributed by atoms with Crippen LogP contribution in [0.25, 0.3) is 11.2 Å². The van der Waals surface area contributed by atoms with Gasteiger partial charge in [0.2, 0.25) is 0 Å². The number of amides is 2. The number of hydrogen-bond acceptors (Lipinski definition) is 6. The second kappa shape index (κ2) is 7.51. The van der Waals surface area contributed by atoms with Gasteiger partial charge in [-0.25, -0.2) is 14.8 Å². The van der Waals surface area contributed by atoms with Gasteiger partial charge in [-0.05, 0) is 25.0 Å². The number of piperazine rings is 1. The van der Waals surface area contributed by atoms with E-state index >= 15 is 0 Å². The third kappa shape index (κ3) is 3.59. The number of aryl methyl sites for hydroxylation is 1. The number of fused-ring (bicyclic) bond motifs is 1. The summed E-state index contributed by atoms with van der Waals surface area (Å²) in [7, 11) is 1.71. The number of ether oxygens (including phenoxy) is 1. The van der Waals surface area contributed by atoms with Crippen molar-refractivity contribution < 1.29 is 9.53 Å². The lowest BCUT2D eigenvalue weighted by molar-refractivity contribution is 0.108. The lowest BCUT2D eigenvalue weighted by atomic mass is 10.2. The van der Waals surface area contributed by atoms with Crippen molar-refractivity contribution in [1.29, 1.82) is 0 Å². The molecule has 9 nitrogen and oxygen atoms in total. The standard InChI is InChI=1S/C18H24N6O3/c1-22-15-14(5-2-6-19-15)21-16(17(22)25)23-7-9-24(10-8-23)18(26)20-12-13-4-3-11-27-13/h2,5-6,13H,3-4,7-12H2,1H3,(H,20,26)/t13-/m0/s1. The monoisotopic (exact) mass is 372 g/mol. The van der Waals surface area contributed by atoms with Crippen LogP contribution in [0.4, 0.5) is 10.6 Å². The Morgan fingerprint density at radius 3 is 2.89 bits per heavy atom. The minimum absolute atomic E-state index is 0.0753.